The minimum Gasteiger partial charge on any atom is -0.460 e. The van der Waals surface area contributed by atoms with Gasteiger partial charge in [-0.1, -0.05) is 48.0 Å². The SMILES string of the molecule is Cc1ccc([C@@H](C)NCc2cc3ccccc3o2)cc1. The van der Waals surface area contributed by atoms with Gasteiger partial charge in [0.1, 0.15) is 11.3 Å². The summed E-state index contributed by atoms with van der Waals surface area (Å²) in [5.74, 6) is 0.977. The molecule has 20 heavy (non-hydrogen) atoms. The van der Waals surface area contributed by atoms with Gasteiger partial charge in [0.15, 0.2) is 0 Å². The van der Waals surface area contributed by atoms with Crippen LogP contribution >= 0.6 is 0 Å². The van der Waals surface area contributed by atoms with Crippen LogP contribution in [-0.2, 0) is 6.54 Å². The second-order valence-electron chi connectivity index (χ2n) is 5.26. The normalized spacial score (nSPS) is 12.7. The van der Waals surface area contributed by atoms with Crippen LogP contribution in [0.4, 0.5) is 0 Å². The predicted molar refractivity (Wildman–Crippen MR) is 82.6 cm³/mol. The Kier molecular flexibility index (Phi) is 3.57. The van der Waals surface area contributed by atoms with E-state index in [9.17, 15) is 0 Å². The zero-order chi connectivity index (χ0) is 13.9. The van der Waals surface area contributed by atoms with E-state index < -0.39 is 0 Å². The molecule has 1 N–H and O–H groups in total. The fourth-order valence-corrected chi connectivity index (χ4v) is 2.35. The highest BCUT2D eigenvalue weighted by molar-refractivity contribution is 5.77. The highest BCUT2D eigenvalue weighted by atomic mass is 16.3. The van der Waals surface area contributed by atoms with Gasteiger partial charge >= 0.3 is 0 Å². The summed E-state index contributed by atoms with van der Waals surface area (Å²) in [5.41, 5.74) is 3.54. The lowest BCUT2D eigenvalue weighted by molar-refractivity contribution is 0.482. The van der Waals surface area contributed by atoms with E-state index >= 15 is 0 Å². The number of benzene rings is 2. The Bertz CT molecular complexity index is 664. The zero-order valence-electron chi connectivity index (χ0n) is 11.9. The molecule has 102 valence electrons. The van der Waals surface area contributed by atoms with E-state index in [1.807, 2.05) is 18.2 Å². The molecule has 0 fully saturated rings. The lowest BCUT2D eigenvalue weighted by Gasteiger charge is -2.13. The van der Waals surface area contributed by atoms with Crippen LogP contribution in [0.3, 0.4) is 0 Å². The molecule has 2 heteroatoms. The third-order valence-electron chi connectivity index (χ3n) is 3.64. The fraction of sp³-hybridized carbons (Fsp3) is 0.222. The molecule has 2 nitrogen and oxygen atoms in total. The van der Waals surface area contributed by atoms with Gasteiger partial charge in [-0.3, -0.25) is 0 Å². The summed E-state index contributed by atoms with van der Waals surface area (Å²) in [4.78, 5) is 0. The van der Waals surface area contributed by atoms with Crippen molar-refractivity contribution in [1.29, 1.82) is 0 Å². The summed E-state index contributed by atoms with van der Waals surface area (Å²) in [6.45, 7) is 5.02. The second kappa shape index (κ2) is 5.51. The molecule has 1 atom stereocenters. The number of fused-ring (bicyclic) bond motifs is 1. The van der Waals surface area contributed by atoms with E-state index in [2.05, 4.69) is 55.6 Å². The van der Waals surface area contributed by atoms with Crippen molar-refractivity contribution in [2.24, 2.45) is 0 Å². The molecule has 0 unspecified atom stereocenters. The van der Waals surface area contributed by atoms with Crippen molar-refractivity contribution in [2.75, 3.05) is 0 Å². The maximum atomic E-state index is 5.81. The lowest BCUT2D eigenvalue weighted by atomic mass is 10.1. The topological polar surface area (TPSA) is 25.2 Å². The molecular weight excluding hydrogens is 246 g/mol. The zero-order valence-corrected chi connectivity index (χ0v) is 11.9. The first-order chi connectivity index (χ1) is 9.72. The Morgan fingerprint density at radius 1 is 1.05 bits per heavy atom. The lowest BCUT2D eigenvalue weighted by Crippen LogP contribution is -2.17. The van der Waals surface area contributed by atoms with Crippen LogP contribution in [0.5, 0.6) is 0 Å². The van der Waals surface area contributed by atoms with Crippen LogP contribution in [0.2, 0.25) is 0 Å². The number of aryl methyl sites for hydroxylation is 1. The molecular formula is C18H19NO. The summed E-state index contributed by atoms with van der Waals surface area (Å²) < 4.78 is 5.81. The van der Waals surface area contributed by atoms with E-state index in [0.29, 0.717) is 6.04 Å². The molecule has 0 radical (unpaired) electrons. The van der Waals surface area contributed by atoms with Gasteiger partial charge in [-0.05, 0) is 31.5 Å². The van der Waals surface area contributed by atoms with E-state index in [1.54, 1.807) is 0 Å². The van der Waals surface area contributed by atoms with Gasteiger partial charge in [-0.15, -0.1) is 0 Å². The van der Waals surface area contributed by atoms with Gasteiger partial charge in [0.05, 0.1) is 6.54 Å². The first-order valence-corrected chi connectivity index (χ1v) is 7.00. The van der Waals surface area contributed by atoms with Crippen molar-refractivity contribution in [2.45, 2.75) is 26.4 Å². The van der Waals surface area contributed by atoms with Gasteiger partial charge in [0.2, 0.25) is 0 Å². The molecule has 0 saturated heterocycles. The summed E-state index contributed by atoms with van der Waals surface area (Å²) in [6.07, 6.45) is 0. The Hall–Kier alpha value is -2.06. The predicted octanol–water partition coefficient (Wildman–Crippen LogP) is 4.59. The third-order valence-corrected chi connectivity index (χ3v) is 3.64. The van der Waals surface area contributed by atoms with Gasteiger partial charge in [0, 0.05) is 11.4 Å². The van der Waals surface area contributed by atoms with Crippen LogP contribution < -0.4 is 5.32 Å². The molecule has 3 rings (SSSR count). The average Bonchev–Trinajstić information content (AvgIpc) is 2.88. The minimum atomic E-state index is 0.309. The van der Waals surface area contributed by atoms with Crippen molar-refractivity contribution in [3.63, 3.8) is 0 Å². The molecule has 0 bridgehead atoms. The molecule has 2 aromatic carbocycles. The highest BCUT2D eigenvalue weighted by Crippen LogP contribution is 2.20. The maximum absolute atomic E-state index is 5.81. The van der Waals surface area contributed by atoms with Crippen LogP contribution in [0.15, 0.2) is 59.0 Å². The maximum Gasteiger partial charge on any atom is 0.134 e. The minimum absolute atomic E-state index is 0.309. The Balaban J connectivity index is 1.68. The molecule has 0 aliphatic heterocycles. The van der Waals surface area contributed by atoms with E-state index in [4.69, 9.17) is 4.42 Å². The number of nitrogens with one attached hydrogen (secondary N) is 1. The standard InChI is InChI=1S/C18H19NO/c1-13-7-9-15(10-8-13)14(2)19-12-17-11-16-5-3-4-6-18(16)20-17/h3-11,14,19H,12H2,1-2H3/t14-/m1/s1. The quantitative estimate of drug-likeness (QED) is 0.746. The molecule has 0 saturated carbocycles. The smallest absolute Gasteiger partial charge is 0.134 e. The van der Waals surface area contributed by atoms with E-state index in [-0.39, 0.29) is 0 Å². The number of furan rings is 1. The van der Waals surface area contributed by atoms with Crippen molar-refractivity contribution in [1.82, 2.24) is 5.32 Å². The van der Waals surface area contributed by atoms with Gasteiger partial charge in [-0.25, -0.2) is 0 Å². The average molecular weight is 265 g/mol. The van der Waals surface area contributed by atoms with Gasteiger partial charge in [-0.2, -0.15) is 0 Å². The van der Waals surface area contributed by atoms with Crippen molar-refractivity contribution < 1.29 is 4.42 Å². The Morgan fingerprint density at radius 3 is 2.55 bits per heavy atom. The summed E-state index contributed by atoms with van der Waals surface area (Å²) in [6, 6.07) is 19.2. The van der Waals surface area contributed by atoms with E-state index in [1.165, 1.54) is 11.1 Å². The van der Waals surface area contributed by atoms with Crippen LogP contribution in [0.25, 0.3) is 11.0 Å². The van der Waals surface area contributed by atoms with Crippen molar-refractivity contribution in [3.05, 3.63) is 71.5 Å². The largest absolute Gasteiger partial charge is 0.460 e. The first kappa shape index (κ1) is 12.9. The molecule has 1 heterocycles. The molecule has 0 spiro atoms. The van der Waals surface area contributed by atoms with Crippen LogP contribution in [0.1, 0.15) is 29.9 Å². The first-order valence-electron chi connectivity index (χ1n) is 7.00. The molecule has 0 aliphatic rings. The van der Waals surface area contributed by atoms with E-state index in [0.717, 1.165) is 23.3 Å². The van der Waals surface area contributed by atoms with Crippen molar-refractivity contribution in [3.8, 4) is 0 Å². The summed E-state index contributed by atoms with van der Waals surface area (Å²) in [5, 5.41) is 4.66. The Labute approximate surface area is 119 Å². The highest BCUT2D eigenvalue weighted by Gasteiger charge is 2.07. The number of para-hydroxylation sites is 1. The van der Waals surface area contributed by atoms with Crippen LogP contribution in [-0.4, -0.2) is 0 Å². The van der Waals surface area contributed by atoms with Gasteiger partial charge in [0.25, 0.3) is 0 Å². The molecule has 3 aromatic rings. The molecule has 1 aromatic heterocycles. The number of hydrogen-bond acceptors (Lipinski definition) is 2. The number of hydrogen-bond donors (Lipinski definition) is 1. The van der Waals surface area contributed by atoms with Crippen LogP contribution in [0, 0.1) is 6.92 Å². The van der Waals surface area contributed by atoms with Crippen molar-refractivity contribution >= 4 is 11.0 Å². The third kappa shape index (κ3) is 2.75. The molecule has 0 amide bonds. The number of rotatable bonds is 4. The van der Waals surface area contributed by atoms with Gasteiger partial charge < -0.3 is 9.73 Å². The monoisotopic (exact) mass is 265 g/mol. The summed E-state index contributed by atoms with van der Waals surface area (Å²) >= 11 is 0. The fourth-order valence-electron chi connectivity index (χ4n) is 2.35. The second-order valence-corrected chi connectivity index (χ2v) is 5.26. The Morgan fingerprint density at radius 2 is 1.80 bits per heavy atom. The molecule has 0 aliphatic carbocycles. The summed E-state index contributed by atoms with van der Waals surface area (Å²) in [7, 11) is 0.